The summed E-state index contributed by atoms with van der Waals surface area (Å²) >= 11 is 12.5. The highest BCUT2D eigenvalue weighted by Gasteiger charge is 2.37. The first-order valence-corrected chi connectivity index (χ1v) is 12.6. The fourth-order valence-electron chi connectivity index (χ4n) is 3.90. The number of benzene rings is 2. The fraction of sp³-hybridized carbons (Fsp3) is 0.409. The summed E-state index contributed by atoms with van der Waals surface area (Å²) < 4.78 is 31.4. The molecule has 0 aromatic heterocycles. The van der Waals surface area contributed by atoms with Crippen molar-refractivity contribution in [2.75, 3.05) is 36.9 Å². The minimum absolute atomic E-state index is 0.301. The van der Waals surface area contributed by atoms with Gasteiger partial charge in [0.1, 0.15) is 6.54 Å². The lowest BCUT2D eigenvalue weighted by Crippen LogP contribution is -2.48. The van der Waals surface area contributed by atoms with Gasteiger partial charge in [0.25, 0.3) is 0 Å². The Bertz CT molecular complexity index is 1050. The molecule has 1 heterocycles. The van der Waals surface area contributed by atoms with E-state index in [9.17, 15) is 13.2 Å². The van der Waals surface area contributed by atoms with Crippen LogP contribution in [-0.2, 0) is 25.0 Å². The largest absolute Gasteiger partial charge is 0.381 e. The summed E-state index contributed by atoms with van der Waals surface area (Å²) in [6.45, 7) is 2.93. The fourth-order valence-corrected chi connectivity index (χ4v) is 5.42. The van der Waals surface area contributed by atoms with Gasteiger partial charge in [-0.25, -0.2) is 8.42 Å². The van der Waals surface area contributed by atoms with Gasteiger partial charge in [0.05, 0.1) is 11.9 Å². The zero-order valence-corrected chi connectivity index (χ0v) is 19.9. The average Bonchev–Trinajstić information content (AvgIpc) is 2.71. The van der Waals surface area contributed by atoms with Gasteiger partial charge in [0.2, 0.25) is 15.9 Å². The Morgan fingerprint density at radius 1 is 1.16 bits per heavy atom. The normalized spacial score (nSPS) is 16.0. The third-order valence-corrected chi connectivity index (χ3v) is 7.32. The molecule has 1 N–H and O–H groups in total. The number of nitrogens with zero attached hydrogens (tertiary/aromatic N) is 1. The number of hydrogen-bond donors (Lipinski definition) is 1. The Morgan fingerprint density at radius 2 is 1.84 bits per heavy atom. The first kappa shape index (κ1) is 23.9. The van der Waals surface area contributed by atoms with E-state index in [1.54, 1.807) is 24.3 Å². The van der Waals surface area contributed by atoms with Crippen molar-refractivity contribution in [1.82, 2.24) is 5.32 Å². The SMILES string of the molecule is Cc1ccccc1N(CC(=O)NCC1(c2ccc(Cl)cc2Cl)CCOCC1)S(C)(=O)=O. The number of rotatable bonds is 7. The van der Waals surface area contributed by atoms with E-state index in [0.717, 1.165) is 21.7 Å². The highest BCUT2D eigenvalue weighted by molar-refractivity contribution is 7.92. The van der Waals surface area contributed by atoms with E-state index < -0.39 is 15.4 Å². The molecule has 6 nitrogen and oxygen atoms in total. The molecule has 1 saturated heterocycles. The molecule has 2 aromatic carbocycles. The lowest BCUT2D eigenvalue weighted by atomic mass is 9.74. The number of amides is 1. The van der Waals surface area contributed by atoms with Gasteiger partial charge < -0.3 is 10.1 Å². The molecule has 0 aliphatic carbocycles. The molecule has 0 unspecified atom stereocenters. The minimum Gasteiger partial charge on any atom is -0.381 e. The van der Waals surface area contributed by atoms with Gasteiger partial charge in [-0.2, -0.15) is 0 Å². The highest BCUT2D eigenvalue weighted by Crippen LogP contribution is 2.39. The highest BCUT2D eigenvalue weighted by atomic mass is 35.5. The van der Waals surface area contributed by atoms with Crippen molar-refractivity contribution >= 4 is 44.8 Å². The van der Waals surface area contributed by atoms with Crippen molar-refractivity contribution in [2.24, 2.45) is 0 Å². The number of hydrogen-bond acceptors (Lipinski definition) is 4. The number of sulfonamides is 1. The van der Waals surface area contributed by atoms with Crippen LogP contribution in [0.2, 0.25) is 10.0 Å². The first-order chi connectivity index (χ1) is 14.6. The van der Waals surface area contributed by atoms with Gasteiger partial charge in [-0.15, -0.1) is 0 Å². The number of nitrogens with one attached hydrogen (secondary N) is 1. The molecule has 3 rings (SSSR count). The van der Waals surface area contributed by atoms with E-state index in [4.69, 9.17) is 27.9 Å². The average molecular weight is 485 g/mol. The van der Waals surface area contributed by atoms with Crippen molar-refractivity contribution in [3.63, 3.8) is 0 Å². The van der Waals surface area contributed by atoms with Gasteiger partial charge in [0.15, 0.2) is 0 Å². The van der Waals surface area contributed by atoms with Crippen molar-refractivity contribution in [3.8, 4) is 0 Å². The first-order valence-electron chi connectivity index (χ1n) is 9.96. The topological polar surface area (TPSA) is 75.7 Å². The third kappa shape index (κ3) is 5.71. The molecule has 2 aromatic rings. The van der Waals surface area contributed by atoms with E-state index in [0.29, 0.717) is 48.3 Å². The van der Waals surface area contributed by atoms with Crippen LogP contribution < -0.4 is 9.62 Å². The molecule has 0 bridgehead atoms. The molecule has 1 aliphatic heterocycles. The molecule has 1 aliphatic rings. The maximum Gasteiger partial charge on any atom is 0.240 e. The molecule has 0 radical (unpaired) electrons. The quantitative estimate of drug-likeness (QED) is 0.645. The van der Waals surface area contributed by atoms with Crippen molar-refractivity contribution in [3.05, 3.63) is 63.6 Å². The second-order valence-electron chi connectivity index (χ2n) is 7.85. The maximum atomic E-state index is 12.8. The summed E-state index contributed by atoms with van der Waals surface area (Å²) in [5.41, 5.74) is 1.76. The molecule has 0 saturated carbocycles. The monoisotopic (exact) mass is 484 g/mol. The van der Waals surface area contributed by atoms with Crippen LogP contribution in [0.3, 0.4) is 0 Å². The molecular weight excluding hydrogens is 459 g/mol. The molecule has 31 heavy (non-hydrogen) atoms. The van der Waals surface area contributed by atoms with Crippen LogP contribution in [0.1, 0.15) is 24.0 Å². The molecule has 168 valence electrons. The van der Waals surface area contributed by atoms with Crippen LogP contribution in [-0.4, -0.2) is 46.9 Å². The molecule has 9 heteroatoms. The Kier molecular flexibility index (Phi) is 7.52. The van der Waals surface area contributed by atoms with Crippen LogP contribution in [0.4, 0.5) is 5.69 Å². The minimum atomic E-state index is -3.64. The Labute approximate surface area is 193 Å². The molecule has 0 atom stereocenters. The van der Waals surface area contributed by atoms with E-state index in [1.165, 1.54) is 0 Å². The summed E-state index contributed by atoms with van der Waals surface area (Å²) in [6.07, 6.45) is 2.46. The standard InChI is InChI=1S/C22H26Cl2N2O4S/c1-16-5-3-4-6-20(16)26(31(2,28)29)14-21(27)25-15-22(9-11-30-12-10-22)18-8-7-17(23)13-19(18)24/h3-8,13H,9-12,14-15H2,1-2H3,(H,25,27). The van der Waals surface area contributed by atoms with Crippen LogP contribution in [0, 0.1) is 6.92 Å². The lowest BCUT2D eigenvalue weighted by Gasteiger charge is -2.38. The number of halogens is 2. The second kappa shape index (κ2) is 9.77. The predicted molar refractivity (Wildman–Crippen MR) is 125 cm³/mol. The summed E-state index contributed by atoms with van der Waals surface area (Å²) in [5.74, 6) is -0.385. The number of aryl methyl sites for hydroxylation is 1. The number of carbonyl (C=O) groups excluding carboxylic acids is 1. The molecule has 1 fully saturated rings. The molecular formula is C22H26Cl2N2O4S. The Morgan fingerprint density at radius 3 is 2.45 bits per heavy atom. The Hall–Kier alpha value is -1.80. The van der Waals surface area contributed by atoms with Gasteiger partial charge in [-0.05, 0) is 49.1 Å². The number of anilines is 1. The number of ether oxygens (including phenoxy) is 1. The summed E-state index contributed by atoms with van der Waals surface area (Å²) in [7, 11) is -3.64. The van der Waals surface area contributed by atoms with Crippen LogP contribution in [0.15, 0.2) is 42.5 Å². The van der Waals surface area contributed by atoms with E-state index in [-0.39, 0.29) is 12.5 Å². The van der Waals surface area contributed by atoms with Crippen molar-refractivity contribution < 1.29 is 17.9 Å². The zero-order valence-electron chi connectivity index (χ0n) is 17.5. The van der Waals surface area contributed by atoms with Gasteiger partial charge in [0, 0.05) is 35.2 Å². The Balaban J connectivity index is 1.80. The number of para-hydroxylation sites is 1. The van der Waals surface area contributed by atoms with Crippen LogP contribution >= 0.6 is 23.2 Å². The van der Waals surface area contributed by atoms with Crippen molar-refractivity contribution in [1.29, 1.82) is 0 Å². The maximum absolute atomic E-state index is 12.8. The van der Waals surface area contributed by atoms with Gasteiger partial charge in [-0.3, -0.25) is 9.10 Å². The summed E-state index contributed by atoms with van der Waals surface area (Å²) in [5, 5.41) is 4.02. The smallest absolute Gasteiger partial charge is 0.240 e. The van der Waals surface area contributed by atoms with Gasteiger partial charge in [-0.1, -0.05) is 47.5 Å². The predicted octanol–water partition coefficient (Wildman–Crippen LogP) is 3.93. The van der Waals surface area contributed by atoms with Crippen LogP contribution in [0.25, 0.3) is 0 Å². The van der Waals surface area contributed by atoms with Crippen LogP contribution in [0.5, 0.6) is 0 Å². The van der Waals surface area contributed by atoms with E-state index in [1.807, 2.05) is 25.1 Å². The lowest BCUT2D eigenvalue weighted by molar-refractivity contribution is -0.120. The second-order valence-corrected chi connectivity index (χ2v) is 10.6. The van der Waals surface area contributed by atoms with E-state index in [2.05, 4.69) is 5.32 Å². The van der Waals surface area contributed by atoms with E-state index >= 15 is 0 Å². The molecule has 0 spiro atoms. The zero-order chi connectivity index (χ0) is 22.6. The summed E-state index contributed by atoms with van der Waals surface area (Å²) in [6, 6.07) is 12.4. The summed E-state index contributed by atoms with van der Waals surface area (Å²) in [4.78, 5) is 12.8. The molecule has 1 amide bonds. The third-order valence-electron chi connectivity index (χ3n) is 5.65. The van der Waals surface area contributed by atoms with Gasteiger partial charge >= 0.3 is 0 Å². The van der Waals surface area contributed by atoms with Crippen molar-refractivity contribution in [2.45, 2.75) is 25.2 Å². The number of carbonyl (C=O) groups is 1.